The maximum absolute atomic E-state index is 12.0. The van der Waals surface area contributed by atoms with E-state index in [0.717, 1.165) is 23.7 Å². The van der Waals surface area contributed by atoms with E-state index >= 15 is 0 Å². The second-order valence-corrected chi connectivity index (χ2v) is 5.83. The van der Waals surface area contributed by atoms with Gasteiger partial charge in [-0.2, -0.15) is 0 Å². The van der Waals surface area contributed by atoms with Crippen LogP contribution < -0.4 is 5.32 Å². The Morgan fingerprint density at radius 3 is 3.15 bits per heavy atom. The Balaban J connectivity index is 2.21. The van der Waals surface area contributed by atoms with Gasteiger partial charge in [-0.05, 0) is 6.42 Å². The Hall–Kier alpha value is -0.690. The molecule has 112 valence electrons. The van der Waals surface area contributed by atoms with Crippen molar-refractivity contribution in [2.75, 3.05) is 26.8 Å². The van der Waals surface area contributed by atoms with Crippen LogP contribution in [0.5, 0.6) is 0 Å². The summed E-state index contributed by atoms with van der Waals surface area (Å²) < 4.78 is 5.45. The van der Waals surface area contributed by atoms with Gasteiger partial charge in [-0.25, -0.2) is 4.98 Å². The molecular weight excluding hydrogens is 298 g/mol. The number of likely N-dealkylation sites (N-methyl/N-ethyl adjacent to an activating group) is 1. The summed E-state index contributed by atoms with van der Waals surface area (Å²) in [6.07, 6.45) is 0.905. The molecule has 1 aliphatic heterocycles. The van der Waals surface area contributed by atoms with Crippen molar-refractivity contribution in [2.45, 2.75) is 31.3 Å². The summed E-state index contributed by atoms with van der Waals surface area (Å²) in [5.74, 6) is 0.423. The first-order chi connectivity index (χ1) is 9.71. The van der Waals surface area contributed by atoms with Crippen LogP contribution in [0.25, 0.3) is 0 Å². The smallest absolute Gasteiger partial charge is 0.239 e. The predicted molar refractivity (Wildman–Crippen MR) is 80.1 cm³/mol. The molecule has 2 heterocycles. The number of alkyl halides is 1. The average Bonchev–Trinajstić information content (AvgIpc) is 2.96. The Kier molecular flexibility index (Phi) is 5.77. The third kappa shape index (κ3) is 3.31. The van der Waals surface area contributed by atoms with Gasteiger partial charge in [0.1, 0.15) is 11.0 Å². The standard InChI is InChI=1S/C13H20ClN3O2S/c1-3-10(13-16-9(6-14)8-20-13)17-4-5-19-7-11(17)12(18)15-2/h8,10-11H,3-7H2,1-2H3,(H,15,18). The highest BCUT2D eigenvalue weighted by molar-refractivity contribution is 7.09. The third-order valence-corrected chi connectivity index (χ3v) is 4.77. The molecule has 0 bridgehead atoms. The zero-order valence-electron chi connectivity index (χ0n) is 11.8. The van der Waals surface area contributed by atoms with Crippen molar-refractivity contribution in [1.82, 2.24) is 15.2 Å². The molecule has 1 N–H and O–H groups in total. The minimum Gasteiger partial charge on any atom is -0.378 e. The molecule has 0 aliphatic carbocycles. The average molecular weight is 318 g/mol. The molecule has 0 aromatic carbocycles. The highest BCUT2D eigenvalue weighted by atomic mass is 35.5. The Labute approximate surface area is 128 Å². The van der Waals surface area contributed by atoms with E-state index in [-0.39, 0.29) is 18.0 Å². The van der Waals surface area contributed by atoms with Gasteiger partial charge in [0.15, 0.2) is 0 Å². The van der Waals surface area contributed by atoms with Gasteiger partial charge in [0.25, 0.3) is 0 Å². The molecule has 7 heteroatoms. The predicted octanol–water partition coefficient (Wildman–Crippen LogP) is 1.78. The maximum atomic E-state index is 12.0. The number of thiazole rings is 1. The van der Waals surface area contributed by atoms with Crippen molar-refractivity contribution in [3.05, 3.63) is 16.1 Å². The lowest BCUT2D eigenvalue weighted by molar-refractivity contribution is -0.134. The minimum atomic E-state index is -0.248. The fourth-order valence-corrected chi connectivity index (χ4v) is 3.72. The fraction of sp³-hybridized carbons (Fsp3) is 0.692. The quantitative estimate of drug-likeness (QED) is 0.841. The Morgan fingerprint density at radius 2 is 2.55 bits per heavy atom. The molecule has 1 saturated heterocycles. The molecule has 1 fully saturated rings. The highest BCUT2D eigenvalue weighted by Gasteiger charge is 2.34. The van der Waals surface area contributed by atoms with Gasteiger partial charge < -0.3 is 10.1 Å². The van der Waals surface area contributed by atoms with Gasteiger partial charge >= 0.3 is 0 Å². The number of ether oxygens (including phenoxy) is 1. The van der Waals surface area contributed by atoms with Gasteiger partial charge in [-0.1, -0.05) is 6.92 Å². The van der Waals surface area contributed by atoms with Crippen LogP contribution in [0.4, 0.5) is 0 Å². The number of aromatic nitrogens is 1. The molecule has 2 atom stereocenters. The number of morpholine rings is 1. The number of nitrogens with zero attached hydrogens (tertiary/aromatic N) is 2. The summed E-state index contributed by atoms with van der Waals surface area (Å²) >= 11 is 7.43. The summed E-state index contributed by atoms with van der Waals surface area (Å²) in [7, 11) is 1.66. The monoisotopic (exact) mass is 317 g/mol. The van der Waals surface area contributed by atoms with E-state index in [0.29, 0.717) is 19.1 Å². The van der Waals surface area contributed by atoms with Gasteiger partial charge in [0, 0.05) is 19.0 Å². The Bertz CT molecular complexity index is 455. The summed E-state index contributed by atoms with van der Waals surface area (Å²) in [4.78, 5) is 18.8. The number of halogens is 1. The number of nitrogens with one attached hydrogen (secondary N) is 1. The van der Waals surface area contributed by atoms with E-state index in [9.17, 15) is 4.79 Å². The fourth-order valence-electron chi connectivity index (χ4n) is 2.47. The lowest BCUT2D eigenvalue weighted by atomic mass is 10.1. The number of carbonyl (C=O) groups is 1. The summed E-state index contributed by atoms with van der Waals surface area (Å²) in [6.45, 7) is 3.94. The van der Waals surface area contributed by atoms with Crippen LogP contribution in [0.2, 0.25) is 0 Å². The molecule has 0 radical (unpaired) electrons. The topological polar surface area (TPSA) is 54.5 Å². The van der Waals surface area contributed by atoms with Crippen LogP contribution in [0.1, 0.15) is 30.1 Å². The summed E-state index contributed by atoms with van der Waals surface area (Å²) in [5, 5.41) is 5.73. The van der Waals surface area contributed by atoms with E-state index in [4.69, 9.17) is 16.3 Å². The van der Waals surface area contributed by atoms with Crippen LogP contribution >= 0.6 is 22.9 Å². The van der Waals surface area contributed by atoms with Crippen LogP contribution in [0.3, 0.4) is 0 Å². The van der Waals surface area contributed by atoms with Crippen LogP contribution in [0, 0.1) is 0 Å². The summed E-state index contributed by atoms with van der Waals surface area (Å²) in [5.41, 5.74) is 0.898. The number of hydrogen-bond donors (Lipinski definition) is 1. The van der Waals surface area contributed by atoms with Crippen molar-refractivity contribution < 1.29 is 9.53 Å². The molecular formula is C13H20ClN3O2S. The lowest BCUT2D eigenvalue weighted by Gasteiger charge is -2.38. The van der Waals surface area contributed by atoms with Crippen LogP contribution in [-0.4, -0.2) is 48.6 Å². The third-order valence-electron chi connectivity index (χ3n) is 3.50. The van der Waals surface area contributed by atoms with Crippen molar-refractivity contribution >= 4 is 28.8 Å². The second-order valence-electron chi connectivity index (χ2n) is 4.68. The normalized spacial score (nSPS) is 21.6. The largest absolute Gasteiger partial charge is 0.378 e. The van der Waals surface area contributed by atoms with Gasteiger partial charge in [-0.15, -0.1) is 22.9 Å². The SMILES string of the molecule is CCC(c1nc(CCl)cs1)N1CCOCC1C(=O)NC. The molecule has 0 saturated carbocycles. The number of rotatable bonds is 5. The van der Waals surface area contributed by atoms with E-state index in [1.165, 1.54) is 0 Å². The van der Waals surface area contributed by atoms with E-state index in [1.54, 1.807) is 18.4 Å². The first-order valence-electron chi connectivity index (χ1n) is 6.76. The number of amides is 1. The molecule has 1 aromatic heterocycles. The highest BCUT2D eigenvalue weighted by Crippen LogP contribution is 2.30. The number of hydrogen-bond acceptors (Lipinski definition) is 5. The van der Waals surface area contributed by atoms with Crippen LogP contribution in [-0.2, 0) is 15.4 Å². The van der Waals surface area contributed by atoms with Crippen molar-refractivity contribution in [1.29, 1.82) is 0 Å². The van der Waals surface area contributed by atoms with Gasteiger partial charge in [0.2, 0.25) is 5.91 Å². The van der Waals surface area contributed by atoms with E-state index in [1.807, 2.05) is 5.38 Å². The molecule has 1 aromatic rings. The zero-order chi connectivity index (χ0) is 14.5. The first-order valence-corrected chi connectivity index (χ1v) is 8.18. The van der Waals surface area contributed by atoms with Gasteiger partial charge in [-0.3, -0.25) is 9.69 Å². The van der Waals surface area contributed by atoms with Crippen LogP contribution in [0.15, 0.2) is 5.38 Å². The van der Waals surface area contributed by atoms with Crippen molar-refractivity contribution in [3.63, 3.8) is 0 Å². The second kappa shape index (κ2) is 7.36. The number of carbonyl (C=O) groups excluding carboxylic acids is 1. The molecule has 5 nitrogen and oxygen atoms in total. The lowest BCUT2D eigenvalue weighted by Crippen LogP contribution is -2.54. The zero-order valence-corrected chi connectivity index (χ0v) is 13.3. The first kappa shape index (κ1) is 15.7. The molecule has 1 aliphatic rings. The molecule has 0 spiro atoms. The van der Waals surface area contributed by atoms with Gasteiger partial charge in [0.05, 0.1) is 30.8 Å². The summed E-state index contributed by atoms with van der Waals surface area (Å²) in [6, 6.07) is -0.106. The minimum absolute atomic E-state index is 0.00253. The van der Waals surface area contributed by atoms with E-state index < -0.39 is 0 Å². The molecule has 2 rings (SSSR count). The Morgan fingerprint density at radius 1 is 1.75 bits per heavy atom. The molecule has 1 amide bonds. The molecule has 20 heavy (non-hydrogen) atoms. The maximum Gasteiger partial charge on any atom is 0.239 e. The van der Waals surface area contributed by atoms with Crippen molar-refractivity contribution in [2.24, 2.45) is 0 Å². The van der Waals surface area contributed by atoms with E-state index in [2.05, 4.69) is 22.1 Å². The van der Waals surface area contributed by atoms with Crippen molar-refractivity contribution in [3.8, 4) is 0 Å². The molecule has 2 unspecified atom stereocenters.